The van der Waals surface area contributed by atoms with Crippen molar-refractivity contribution in [3.8, 4) is 5.75 Å². The van der Waals surface area contributed by atoms with Gasteiger partial charge in [-0.05, 0) is 44.5 Å². The van der Waals surface area contributed by atoms with E-state index in [0.717, 1.165) is 12.2 Å². The molecule has 1 aromatic rings. The molecule has 4 heteroatoms. The smallest absolute Gasteiger partial charge is 0.323 e. The Morgan fingerprint density at radius 2 is 2.15 bits per heavy atom. The van der Waals surface area contributed by atoms with Crippen LogP contribution in [0.4, 0.5) is 0 Å². The van der Waals surface area contributed by atoms with Crippen LogP contribution < -0.4 is 10.1 Å². The zero-order valence-corrected chi connectivity index (χ0v) is 12.8. The number of hydrogen-bond acceptors (Lipinski definition) is 3. The molecule has 0 aliphatic heterocycles. The van der Waals surface area contributed by atoms with E-state index in [1.165, 1.54) is 5.56 Å². The number of nitrogens with one attached hydrogen (secondary N) is 1. The van der Waals surface area contributed by atoms with Gasteiger partial charge in [-0.15, -0.1) is 0 Å². The van der Waals surface area contributed by atoms with Crippen molar-refractivity contribution in [2.45, 2.75) is 52.2 Å². The Bertz CT molecular complexity index is 447. The molecular formula is C16H25NO3. The fraction of sp³-hybridized carbons (Fsp3) is 0.562. The highest BCUT2D eigenvalue weighted by Crippen LogP contribution is 2.20. The molecule has 0 saturated carbocycles. The number of carboxylic acids is 1. The zero-order chi connectivity index (χ0) is 15.2. The van der Waals surface area contributed by atoms with E-state index in [1.54, 1.807) is 6.92 Å². The van der Waals surface area contributed by atoms with E-state index in [4.69, 9.17) is 4.74 Å². The van der Waals surface area contributed by atoms with E-state index in [-0.39, 0.29) is 6.10 Å². The predicted molar refractivity (Wildman–Crippen MR) is 80.2 cm³/mol. The third-order valence-electron chi connectivity index (χ3n) is 3.38. The van der Waals surface area contributed by atoms with Gasteiger partial charge in [0.25, 0.3) is 0 Å². The lowest BCUT2D eigenvalue weighted by Crippen LogP contribution is -2.51. The highest BCUT2D eigenvalue weighted by atomic mass is 16.5. The summed E-state index contributed by atoms with van der Waals surface area (Å²) in [6.45, 7) is 8.20. The minimum absolute atomic E-state index is 0.178. The van der Waals surface area contributed by atoms with Crippen LogP contribution in [0.1, 0.15) is 39.7 Å². The van der Waals surface area contributed by atoms with Crippen LogP contribution in [-0.4, -0.2) is 29.3 Å². The van der Waals surface area contributed by atoms with Gasteiger partial charge in [0.2, 0.25) is 0 Å². The van der Waals surface area contributed by atoms with Crippen molar-refractivity contribution >= 4 is 5.97 Å². The summed E-state index contributed by atoms with van der Waals surface area (Å²) in [4.78, 5) is 11.4. The molecule has 2 N–H and O–H groups in total. The van der Waals surface area contributed by atoms with E-state index in [0.29, 0.717) is 13.0 Å². The Balaban J connectivity index is 2.70. The van der Waals surface area contributed by atoms with E-state index >= 15 is 0 Å². The Kier molecular flexibility index (Phi) is 6.02. The maximum atomic E-state index is 11.4. The third-order valence-corrected chi connectivity index (χ3v) is 3.38. The van der Waals surface area contributed by atoms with Crippen molar-refractivity contribution in [3.63, 3.8) is 0 Å². The molecule has 2 atom stereocenters. The molecule has 2 unspecified atom stereocenters. The lowest BCUT2D eigenvalue weighted by Gasteiger charge is -2.29. The van der Waals surface area contributed by atoms with Crippen molar-refractivity contribution in [1.29, 1.82) is 0 Å². The number of ether oxygens (including phenoxy) is 1. The summed E-state index contributed by atoms with van der Waals surface area (Å²) in [5, 5.41) is 12.4. The average Bonchev–Trinajstić information content (AvgIpc) is 2.38. The van der Waals surface area contributed by atoms with Crippen LogP contribution in [0.25, 0.3) is 0 Å². The fourth-order valence-corrected chi connectivity index (χ4v) is 2.31. The van der Waals surface area contributed by atoms with E-state index in [2.05, 4.69) is 18.3 Å². The van der Waals surface area contributed by atoms with Gasteiger partial charge in [-0.3, -0.25) is 4.79 Å². The van der Waals surface area contributed by atoms with Crippen molar-refractivity contribution < 1.29 is 14.6 Å². The number of hydrogen-bond donors (Lipinski definition) is 2. The molecule has 0 amide bonds. The second-order valence-electron chi connectivity index (χ2n) is 5.30. The number of carboxylic acid groups (broad SMARTS) is 1. The molecule has 112 valence electrons. The van der Waals surface area contributed by atoms with Gasteiger partial charge in [0.15, 0.2) is 0 Å². The van der Waals surface area contributed by atoms with Gasteiger partial charge in [0.05, 0.1) is 6.10 Å². The molecule has 1 aromatic carbocycles. The molecule has 0 bridgehead atoms. The van der Waals surface area contributed by atoms with E-state index in [9.17, 15) is 9.90 Å². The normalized spacial score (nSPS) is 15.4. The van der Waals surface area contributed by atoms with Gasteiger partial charge in [-0.1, -0.05) is 26.0 Å². The minimum Gasteiger partial charge on any atom is -0.491 e. The first-order chi connectivity index (χ1) is 9.41. The Morgan fingerprint density at radius 1 is 1.45 bits per heavy atom. The van der Waals surface area contributed by atoms with Gasteiger partial charge in [-0.25, -0.2) is 0 Å². The fourth-order valence-electron chi connectivity index (χ4n) is 2.31. The van der Waals surface area contributed by atoms with Crippen molar-refractivity contribution in [1.82, 2.24) is 5.32 Å². The second-order valence-corrected chi connectivity index (χ2v) is 5.30. The number of rotatable bonds is 8. The first kappa shape index (κ1) is 16.5. The quantitative estimate of drug-likeness (QED) is 0.768. The molecule has 0 aromatic heterocycles. The predicted octanol–water partition coefficient (Wildman–Crippen LogP) is 2.86. The number of carbonyl (C=O) groups is 1. The van der Waals surface area contributed by atoms with E-state index < -0.39 is 11.5 Å². The topological polar surface area (TPSA) is 58.6 Å². The molecule has 0 aliphatic rings. The Morgan fingerprint density at radius 3 is 2.70 bits per heavy atom. The molecule has 0 aliphatic carbocycles. The van der Waals surface area contributed by atoms with Crippen LogP contribution >= 0.6 is 0 Å². The van der Waals surface area contributed by atoms with Gasteiger partial charge < -0.3 is 15.2 Å². The summed E-state index contributed by atoms with van der Waals surface area (Å²) >= 11 is 0. The monoisotopic (exact) mass is 279 g/mol. The molecule has 0 spiro atoms. The van der Waals surface area contributed by atoms with E-state index in [1.807, 2.05) is 32.0 Å². The SMILES string of the molecule is CCNC(C)(CC(C)Oc1cccc(CC)c1)C(=O)O. The molecule has 1 rings (SSSR count). The standard InChI is InChI=1S/C16H25NO3/c1-5-13-8-7-9-14(10-13)20-12(3)11-16(4,15(18)19)17-6-2/h7-10,12,17H,5-6,11H2,1-4H3,(H,18,19). The van der Waals surface area contributed by atoms with Gasteiger partial charge >= 0.3 is 5.97 Å². The molecule has 0 heterocycles. The van der Waals surface area contributed by atoms with Crippen LogP contribution in [-0.2, 0) is 11.2 Å². The van der Waals surface area contributed by atoms with Crippen molar-refractivity contribution in [2.75, 3.05) is 6.54 Å². The van der Waals surface area contributed by atoms with Crippen molar-refractivity contribution in [3.05, 3.63) is 29.8 Å². The first-order valence-corrected chi connectivity index (χ1v) is 7.15. The first-order valence-electron chi connectivity index (χ1n) is 7.15. The van der Waals surface area contributed by atoms with Crippen LogP contribution in [0.2, 0.25) is 0 Å². The summed E-state index contributed by atoms with van der Waals surface area (Å²) in [7, 11) is 0. The molecule has 0 radical (unpaired) electrons. The molecule has 20 heavy (non-hydrogen) atoms. The highest BCUT2D eigenvalue weighted by Gasteiger charge is 2.34. The lowest BCUT2D eigenvalue weighted by molar-refractivity contribution is -0.145. The molecule has 0 fully saturated rings. The molecule has 0 saturated heterocycles. The highest BCUT2D eigenvalue weighted by molar-refractivity contribution is 5.78. The minimum atomic E-state index is -0.962. The zero-order valence-electron chi connectivity index (χ0n) is 12.8. The summed E-state index contributed by atoms with van der Waals surface area (Å²) in [5.74, 6) is -0.0572. The number of aryl methyl sites for hydroxylation is 1. The maximum absolute atomic E-state index is 11.4. The van der Waals surface area contributed by atoms with Gasteiger partial charge in [0.1, 0.15) is 11.3 Å². The van der Waals surface area contributed by atoms with Crippen molar-refractivity contribution in [2.24, 2.45) is 0 Å². The number of aliphatic carboxylic acids is 1. The summed E-state index contributed by atoms with van der Waals surface area (Å²) in [6.07, 6.45) is 1.18. The lowest BCUT2D eigenvalue weighted by atomic mass is 9.95. The van der Waals surface area contributed by atoms with Crippen LogP contribution in [0.3, 0.4) is 0 Å². The second kappa shape index (κ2) is 7.29. The summed E-state index contributed by atoms with van der Waals surface area (Å²) < 4.78 is 5.85. The molecular weight excluding hydrogens is 254 g/mol. The third kappa shape index (κ3) is 4.53. The Hall–Kier alpha value is -1.55. The average molecular weight is 279 g/mol. The largest absolute Gasteiger partial charge is 0.491 e. The van der Waals surface area contributed by atoms with Gasteiger partial charge in [-0.2, -0.15) is 0 Å². The maximum Gasteiger partial charge on any atom is 0.323 e. The van der Waals surface area contributed by atoms with Crippen LogP contribution in [0.15, 0.2) is 24.3 Å². The number of likely N-dealkylation sites (N-methyl/N-ethyl adjacent to an activating group) is 1. The van der Waals surface area contributed by atoms with Gasteiger partial charge in [0, 0.05) is 6.42 Å². The summed E-state index contributed by atoms with van der Waals surface area (Å²) in [5.41, 5.74) is 0.249. The summed E-state index contributed by atoms with van der Waals surface area (Å²) in [6, 6.07) is 7.92. The Labute approximate surface area is 121 Å². The molecule has 4 nitrogen and oxygen atoms in total. The van der Waals surface area contributed by atoms with Crippen LogP contribution in [0, 0.1) is 0 Å². The number of benzene rings is 1. The van der Waals surface area contributed by atoms with Crippen LogP contribution in [0.5, 0.6) is 5.75 Å².